The molecule has 1 aliphatic rings. The molecule has 1 aromatic heterocycles. The molecule has 0 amide bonds. The molecule has 88 valence electrons. The fourth-order valence-electron chi connectivity index (χ4n) is 1.65. The summed E-state index contributed by atoms with van der Waals surface area (Å²) in [7, 11) is -3.06. The molecule has 1 unspecified atom stereocenters. The van der Waals surface area contributed by atoms with Gasteiger partial charge in [-0.1, -0.05) is 23.2 Å². The zero-order chi connectivity index (χ0) is 11.9. The van der Waals surface area contributed by atoms with E-state index in [9.17, 15) is 13.2 Å². The molecule has 1 saturated heterocycles. The van der Waals surface area contributed by atoms with E-state index in [1.807, 2.05) is 0 Å². The van der Waals surface area contributed by atoms with E-state index in [0.29, 0.717) is 6.42 Å². The van der Waals surface area contributed by atoms with Crippen molar-refractivity contribution in [2.45, 2.75) is 12.5 Å². The van der Waals surface area contributed by atoms with Crippen molar-refractivity contribution in [3.63, 3.8) is 0 Å². The molecule has 0 spiro atoms. The van der Waals surface area contributed by atoms with Crippen LogP contribution < -0.4 is 5.56 Å². The quantitative estimate of drug-likeness (QED) is 0.768. The molecule has 1 aromatic rings. The van der Waals surface area contributed by atoms with Gasteiger partial charge in [0.05, 0.1) is 28.8 Å². The maximum atomic E-state index is 11.7. The molecule has 2 rings (SSSR count). The first-order valence-corrected chi connectivity index (χ1v) is 7.12. The Labute approximate surface area is 102 Å². The van der Waals surface area contributed by atoms with Gasteiger partial charge in [-0.25, -0.2) is 13.1 Å². The van der Waals surface area contributed by atoms with Gasteiger partial charge in [-0.2, -0.15) is 5.10 Å². The largest absolute Gasteiger partial charge is 0.287 e. The van der Waals surface area contributed by atoms with Crippen LogP contribution in [0.25, 0.3) is 0 Å². The molecule has 1 aliphatic heterocycles. The van der Waals surface area contributed by atoms with E-state index >= 15 is 0 Å². The van der Waals surface area contributed by atoms with E-state index in [1.54, 1.807) is 0 Å². The summed E-state index contributed by atoms with van der Waals surface area (Å²) >= 11 is 11.3. The van der Waals surface area contributed by atoms with Crippen LogP contribution in [0.3, 0.4) is 0 Å². The normalized spacial score (nSPS) is 23.5. The third-order valence-corrected chi connectivity index (χ3v) is 4.95. The first kappa shape index (κ1) is 11.9. The van der Waals surface area contributed by atoms with Crippen LogP contribution in [0.2, 0.25) is 10.0 Å². The lowest BCUT2D eigenvalue weighted by Crippen LogP contribution is -2.28. The maximum Gasteiger partial charge on any atom is 0.287 e. The Bertz CT molecular complexity index is 581. The van der Waals surface area contributed by atoms with Gasteiger partial charge >= 0.3 is 0 Å². The zero-order valence-corrected chi connectivity index (χ0v) is 10.4. The molecular weight excluding hydrogens is 275 g/mol. The predicted molar refractivity (Wildman–Crippen MR) is 60.8 cm³/mol. The highest BCUT2D eigenvalue weighted by Gasteiger charge is 2.31. The third kappa shape index (κ3) is 2.09. The van der Waals surface area contributed by atoms with Crippen molar-refractivity contribution >= 4 is 33.0 Å². The van der Waals surface area contributed by atoms with Crippen LogP contribution in [0.15, 0.2) is 11.0 Å². The van der Waals surface area contributed by atoms with Gasteiger partial charge in [0.15, 0.2) is 9.84 Å². The number of hydrogen-bond acceptors (Lipinski definition) is 4. The third-order valence-electron chi connectivity index (χ3n) is 2.46. The highest BCUT2D eigenvalue weighted by atomic mass is 35.5. The van der Waals surface area contributed by atoms with Crippen LogP contribution in [-0.4, -0.2) is 29.7 Å². The molecule has 1 atom stereocenters. The summed E-state index contributed by atoms with van der Waals surface area (Å²) in [6, 6.07) is -0.438. The number of sulfone groups is 1. The second kappa shape index (κ2) is 4.01. The van der Waals surface area contributed by atoms with Gasteiger partial charge in [0.1, 0.15) is 5.02 Å². The van der Waals surface area contributed by atoms with E-state index in [-0.39, 0.29) is 21.6 Å². The summed E-state index contributed by atoms with van der Waals surface area (Å²) in [5.74, 6) is 0.00387. The molecule has 0 saturated carbocycles. The molecule has 5 nitrogen and oxygen atoms in total. The van der Waals surface area contributed by atoms with Crippen molar-refractivity contribution in [3.8, 4) is 0 Å². The van der Waals surface area contributed by atoms with E-state index in [0.717, 1.165) is 4.68 Å². The maximum absolute atomic E-state index is 11.7. The highest BCUT2D eigenvalue weighted by Crippen LogP contribution is 2.23. The monoisotopic (exact) mass is 282 g/mol. The topological polar surface area (TPSA) is 69.0 Å². The fourth-order valence-corrected chi connectivity index (χ4v) is 3.60. The molecule has 0 radical (unpaired) electrons. The first-order chi connectivity index (χ1) is 7.41. The minimum absolute atomic E-state index is 0.0716. The highest BCUT2D eigenvalue weighted by molar-refractivity contribution is 7.91. The smallest absolute Gasteiger partial charge is 0.266 e. The Hall–Kier alpha value is -0.590. The Morgan fingerprint density at radius 3 is 2.69 bits per heavy atom. The van der Waals surface area contributed by atoms with Crippen LogP contribution in [0.4, 0.5) is 0 Å². The molecule has 1 fully saturated rings. The molecule has 0 aliphatic carbocycles. The molecule has 0 aromatic carbocycles. The van der Waals surface area contributed by atoms with Gasteiger partial charge in [0.25, 0.3) is 5.56 Å². The summed E-state index contributed by atoms with van der Waals surface area (Å²) in [5.41, 5.74) is -0.545. The lowest BCUT2D eigenvalue weighted by Gasteiger charge is -2.10. The van der Waals surface area contributed by atoms with Crippen molar-refractivity contribution in [1.82, 2.24) is 9.78 Å². The van der Waals surface area contributed by atoms with Gasteiger partial charge < -0.3 is 0 Å². The van der Waals surface area contributed by atoms with Crippen molar-refractivity contribution < 1.29 is 8.42 Å². The van der Waals surface area contributed by atoms with Crippen LogP contribution in [0, 0.1) is 0 Å². The molecule has 16 heavy (non-hydrogen) atoms. The van der Waals surface area contributed by atoms with Crippen LogP contribution >= 0.6 is 23.2 Å². The van der Waals surface area contributed by atoms with Gasteiger partial charge in [0, 0.05) is 0 Å². The number of nitrogens with zero attached hydrogens (tertiary/aromatic N) is 2. The molecule has 2 heterocycles. The SMILES string of the molecule is O=c1c(Cl)c(Cl)cnn1C1CCS(=O)(=O)C1. The standard InChI is InChI=1S/C8H8Cl2N2O3S/c9-6-3-11-12(8(13)7(6)10)5-1-2-16(14,15)4-5/h3,5H,1-2,4H2. The minimum atomic E-state index is -3.06. The molecule has 0 bridgehead atoms. The first-order valence-electron chi connectivity index (χ1n) is 4.54. The van der Waals surface area contributed by atoms with E-state index in [1.165, 1.54) is 6.20 Å². The second-order valence-electron chi connectivity index (χ2n) is 3.61. The van der Waals surface area contributed by atoms with E-state index < -0.39 is 21.4 Å². The average Bonchev–Trinajstić information content (AvgIpc) is 2.55. The van der Waals surface area contributed by atoms with Crippen molar-refractivity contribution in [1.29, 1.82) is 0 Å². The van der Waals surface area contributed by atoms with Crippen molar-refractivity contribution in [2.75, 3.05) is 11.5 Å². The predicted octanol–water partition coefficient (Wildman–Crippen LogP) is 0.910. The summed E-state index contributed by atoms with van der Waals surface area (Å²) in [5, 5.41) is 3.76. The zero-order valence-electron chi connectivity index (χ0n) is 8.06. The molecular formula is C8H8Cl2N2O3S. The lowest BCUT2D eigenvalue weighted by atomic mass is 10.3. The van der Waals surface area contributed by atoms with E-state index in [4.69, 9.17) is 23.2 Å². The van der Waals surface area contributed by atoms with Crippen molar-refractivity contribution in [3.05, 3.63) is 26.6 Å². The van der Waals surface area contributed by atoms with Crippen LogP contribution in [0.1, 0.15) is 12.5 Å². The van der Waals surface area contributed by atoms with E-state index in [2.05, 4.69) is 5.10 Å². The Morgan fingerprint density at radius 2 is 2.12 bits per heavy atom. The number of halogens is 2. The van der Waals surface area contributed by atoms with Gasteiger partial charge in [0.2, 0.25) is 0 Å². The summed E-state index contributed by atoms with van der Waals surface area (Å²) < 4.78 is 23.6. The van der Waals surface area contributed by atoms with Crippen LogP contribution in [0.5, 0.6) is 0 Å². The number of aromatic nitrogens is 2. The minimum Gasteiger partial charge on any atom is -0.266 e. The Kier molecular flexibility index (Phi) is 2.98. The molecule has 0 N–H and O–H groups in total. The summed E-state index contributed by atoms with van der Waals surface area (Å²) in [4.78, 5) is 11.7. The van der Waals surface area contributed by atoms with Gasteiger partial charge in [-0.15, -0.1) is 0 Å². The van der Waals surface area contributed by atoms with Crippen LogP contribution in [-0.2, 0) is 9.84 Å². The fraction of sp³-hybridized carbons (Fsp3) is 0.500. The average molecular weight is 283 g/mol. The lowest BCUT2D eigenvalue weighted by molar-refractivity contribution is 0.474. The second-order valence-corrected chi connectivity index (χ2v) is 6.63. The Morgan fingerprint density at radius 1 is 1.44 bits per heavy atom. The number of hydrogen-bond donors (Lipinski definition) is 0. The molecule has 8 heteroatoms. The van der Waals surface area contributed by atoms with Gasteiger partial charge in [-0.3, -0.25) is 4.79 Å². The Balaban J connectivity index is 2.44. The number of rotatable bonds is 1. The summed E-state index contributed by atoms with van der Waals surface area (Å²) in [6.07, 6.45) is 1.63. The van der Waals surface area contributed by atoms with Gasteiger partial charge in [-0.05, 0) is 6.42 Å². The summed E-state index contributed by atoms with van der Waals surface area (Å²) in [6.45, 7) is 0. The van der Waals surface area contributed by atoms with Crippen molar-refractivity contribution in [2.24, 2.45) is 0 Å².